The van der Waals surface area contributed by atoms with Crippen LogP contribution >= 0.6 is 0 Å². The molecule has 1 fully saturated rings. The molecule has 3 N–H and O–H groups in total. The van der Waals surface area contributed by atoms with Crippen LogP contribution in [0.2, 0.25) is 0 Å². The topological polar surface area (TPSA) is 85.8 Å². The first-order valence-electron chi connectivity index (χ1n) is 10.5. The van der Waals surface area contributed by atoms with E-state index in [-0.39, 0.29) is 29.7 Å². The quantitative estimate of drug-likeness (QED) is 0.660. The van der Waals surface area contributed by atoms with Gasteiger partial charge in [0.05, 0.1) is 11.8 Å². The summed E-state index contributed by atoms with van der Waals surface area (Å²) in [5.74, 6) is -0.0287. The summed E-state index contributed by atoms with van der Waals surface area (Å²) in [5, 5.41) is 2.93. The standard InChI is InChI=1S/C23H28FN5O/c1-13(2)29-12-27-22-19(24)8-16(9-20(22)29)18-10-21(26-11-14(18)3)28-23(30)15-5-4-6-17(25)7-15/h8-13,15,17H,4-7,25H2,1-3H3,(H,26,28,30)/t15-,17+/m0/s1. The van der Waals surface area contributed by atoms with Crippen molar-refractivity contribution in [3.05, 3.63) is 42.1 Å². The summed E-state index contributed by atoms with van der Waals surface area (Å²) in [5.41, 5.74) is 9.60. The Morgan fingerprint density at radius 1 is 1.27 bits per heavy atom. The van der Waals surface area contributed by atoms with E-state index >= 15 is 0 Å². The van der Waals surface area contributed by atoms with Crippen molar-refractivity contribution in [2.75, 3.05) is 5.32 Å². The molecule has 2 atom stereocenters. The molecule has 7 heteroatoms. The molecule has 2 aromatic heterocycles. The summed E-state index contributed by atoms with van der Waals surface area (Å²) in [6.45, 7) is 6.00. The summed E-state index contributed by atoms with van der Waals surface area (Å²) in [7, 11) is 0. The Bertz CT molecular complexity index is 1090. The first-order valence-corrected chi connectivity index (χ1v) is 10.5. The number of pyridine rings is 1. The van der Waals surface area contributed by atoms with Crippen molar-refractivity contribution in [2.24, 2.45) is 11.7 Å². The van der Waals surface area contributed by atoms with Crippen molar-refractivity contribution < 1.29 is 9.18 Å². The molecule has 6 nitrogen and oxygen atoms in total. The maximum absolute atomic E-state index is 14.8. The number of benzene rings is 1. The van der Waals surface area contributed by atoms with Gasteiger partial charge in [0, 0.05) is 24.2 Å². The van der Waals surface area contributed by atoms with Crippen LogP contribution in [-0.2, 0) is 4.79 Å². The van der Waals surface area contributed by atoms with Gasteiger partial charge in [0.15, 0.2) is 5.82 Å². The monoisotopic (exact) mass is 409 g/mol. The van der Waals surface area contributed by atoms with Gasteiger partial charge in [-0.2, -0.15) is 0 Å². The van der Waals surface area contributed by atoms with Crippen LogP contribution in [0.3, 0.4) is 0 Å². The van der Waals surface area contributed by atoms with Crippen LogP contribution in [-0.4, -0.2) is 26.5 Å². The lowest BCUT2D eigenvalue weighted by atomic mass is 9.85. The van der Waals surface area contributed by atoms with Gasteiger partial charge >= 0.3 is 0 Å². The molecule has 1 aliphatic carbocycles. The number of anilines is 1. The zero-order valence-corrected chi connectivity index (χ0v) is 17.7. The third-order valence-corrected chi connectivity index (χ3v) is 5.94. The van der Waals surface area contributed by atoms with Crippen LogP contribution in [0.15, 0.2) is 30.7 Å². The number of carbonyl (C=O) groups excluding carboxylic acids is 1. The number of aromatic nitrogens is 3. The number of nitrogens with two attached hydrogens (primary N) is 1. The second-order valence-electron chi connectivity index (χ2n) is 8.57. The van der Waals surface area contributed by atoms with Crippen LogP contribution in [0.25, 0.3) is 22.2 Å². The fraction of sp³-hybridized carbons (Fsp3) is 0.435. The zero-order valence-electron chi connectivity index (χ0n) is 17.7. The summed E-state index contributed by atoms with van der Waals surface area (Å²) in [6.07, 6.45) is 6.86. The molecular formula is C23H28FN5O. The van der Waals surface area contributed by atoms with E-state index in [0.29, 0.717) is 17.8 Å². The molecule has 30 heavy (non-hydrogen) atoms. The second kappa shape index (κ2) is 8.14. The van der Waals surface area contributed by atoms with Gasteiger partial charge in [-0.1, -0.05) is 6.42 Å². The molecule has 0 bridgehead atoms. The molecule has 1 saturated carbocycles. The van der Waals surface area contributed by atoms with Crippen LogP contribution in [0.1, 0.15) is 51.1 Å². The number of carbonyl (C=O) groups is 1. The third-order valence-electron chi connectivity index (χ3n) is 5.94. The molecule has 1 aromatic carbocycles. The van der Waals surface area contributed by atoms with Gasteiger partial charge < -0.3 is 15.6 Å². The van der Waals surface area contributed by atoms with Gasteiger partial charge in [0.1, 0.15) is 11.3 Å². The zero-order chi connectivity index (χ0) is 21.4. The number of imidazole rings is 1. The second-order valence-corrected chi connectivity index (χ2v) is 8.57. The lowest BCUT2D eigenvalue weighted by Crippen LogP contribution is -2.34. The minimum Gasteiger partial charge on any atom is -0.328 e. The van der Waals surface area contributed by atoms with E-state index in [4.69, 9.17) is 5.73 Å². The van der Waals surface area contributed by atoms with E-state index in [9.17, 15) is 9.18 Å². The maximum atomic E-state index is 14.8. The SMILES string of the molecule is Cc1cnc(NC(=O)[C@H]2CCC[C@@H](N)C2)cc1-c1cc(F)c2ncn(C(C)C)c2c1. The fourth-order valence-electron chi connectivity index (χ4n) is 4.26. The lowest BCUT2D eigenvalue weighted by Gasteiger charge is -2.25. The van der Waals surface area contributed by atoms with E-state index in [0.717, 1.165) is 41.5 Å². The number of hydrogen-bond donors (Lipinski definition) is 2. The van der Waals surface area contributed by atoms with Gasteiger partial charge in [0.2, 0.25) is 5.91 Å². The van der Waals surface area contributed by atoms with Crippen molar-refractivity contribution in [1.29, 1.82) is 0 Å². The minimum atomic E-state index is -0.361. The number of nitrogens with one attached hydrogen (secondary N) is 1. The smallest absolute Gasteiger partial charge is 0.228 e. The number of aryl methyl sites for hydroxylation is 1. The number of nitrogens with zero attached hydrogens (tertiary/aromatic N) is 3. The van der Waals surface area contributed by atoms with Crippen molar-refractivity contribution in [3.63, 3.8) is 0 Å². The molecule has 1 aliphatic rings. The first kappa shape index (κ1) is 20.5. The van der Waals surface area contributed by atoms with Gasteiger partial charge in [-0.05, 0) is 74.9 Å². The third kappa shape index (κ3) is 3.94. The highest BCUT2D eigenvalue weighted by Gasteiger charge is 2.25. The first-order chi connectivity index (χ1) is 14.3. The Kier molecular flexibility index (Phi) is 5.56. The van der Waals surface area contributed by atoms with Crippen molar-refractivity contribution in [3.8, 4) is 11.1 Å². The molecule has 4 rings (SSSR count). The number of hydrogen-bond acceptors (Lipinski definition) is 4. The summed E-state index contributed by atoms with van der Waals surface area (Å²) in [4.78, 5) is 21.3. The summed E-state index contributed by atoms with van der Waals surface area (Å²) >= 11 is 0. The molecule has 2 heterocycles. The number of amides is 1. The van der Waals surface area contributed by atoms with Gasteiger partial charge in [-0.3, -0.25) is 4.79 Å². The van der Waals surface area contributed by atoms with E-state index < -0.39 is 0 Å². The van der Waals surface area contributed by atoms with E-state index in [1.165, 1.54) is 6.07 Å². The van der Waals surface area contributed by atoms with E-state index in [1.54, 1.807) is 12.5 Å². The molecule has 3 aromatic rings. The predicted octanol–water partition coefficient (Wildman–Crippen LogP) is 4.58. The Hall–Kier alpha value is -2.80. The van der Waals surface area contributed by atoms with Gasteiger partial charge in [-0.25, -0.2) is 14.4 Å². The highest BCUT2D eigenvalue weighted by atomic mass is 19.1. The average molecular weight is 410 g/mol. The molecule has 1 amide bonds. The summed E-state index contributed by atoms with van der Waals surface area (Å²) < 4.78 is 16.7. The fourth-order valence-corrected chi connectivity index (χ4v) is 4.26. The average Bonchev–Trinajstić information content (AvgIpc) is 3.14. The predicted molar refractivity (Wildman–Crippen MR) is 117 cm³/mol. The molecule has 0 radical (unpaired) electrons. The highest BCUT2D eigenvalue weighted by Crippen LogP contribution is 2.31. The van der Waals surface area contributed by atoms with Crippen molar-refractivity contribution in [2.45, 2.75) is 58.5 Å². The molecule has 0 aliphatic heterocycles. The maximum Gasteiger partial charge on any atom is 0.228 e. The van der Waals surface area contributed by atoms with Crippen LogP contribution in [0.4, 0.5) is 10.2 Å². The molecule has 0 saturated heterocycles. The van der Waals surface area contributed by atoms with Gasteiger partial charge in [0.25, 0.3) is 0 Å². The van der Waals surface area contributed by atoms with Crippen LogP contribution in [0, 0.1) is 18.7 Å². The normalized spacial score (nSPS) is 19.4. The van der Waals surface area contributed by atoms with E-state index in [1.807, 2.05) is 37.5 Å². The Balaban J connectivity index is 1.66. The number of rotatable bonds is 4. The van der Waals surface area contributed by atoms with Crippen LogP contribution < -0.4 is 11.1 Å². The number of fused-ring (bicyclic) bond motifs is 1. The largest absolute Gasteiger partial charge is 0.328 e. The van der Waals surface area contributed by atoms with Crippen molar-refractivity contribution in [1.82, 2.24) is 14.5 Å². The lowest BCUT2D eigenvalue weighted by molar-refractivity contribution is -0.120. The Labute approximate surface area is 175 Å². The van der Waals surface area contributed by atoms with Crippen LogP contribution in [0.5, 0.6) is 0 Å². The van der Waals surface area contributed by atoms with Crippen molar-refractivity contribution >= 4 is 22.8 Å². The molecule has 0 unspecified atom stereocenters. The van der Waals surface area contributed by atoms with Gasteiger partial charge in [-0.15, -0.1) is 0 Å². The Morgan fingerprint density at radius 2 is 2.07 bits per heavy atom. The van der Waals surface area contributed by atoms with E-state index in [2.05, 4.69) is 15.3 Å². The minimum absolute atomic E-state index is 0.0491. The molecule has 0 spiro atoms. The Morgan fingerprint density at radius 3 is 2.80 bits per heavy atom. The highest BCUT2D eigenvalue weighted by molar-refractivity contribution is 5.93. The molecule has 158 valence electrons. The summed E-state index contributed by atoms with van der Waals surface area (Å²) in [6, 6.07) is 5.50. The number of halogens is 1. The molecular weight excluding hydrogens is 381 g/mol.